The topological polar surface area (TPSA) is 68.9 Å². The summed E-state index contributed by atoms with van der Waals surface area (Å²) in [6.07, 6.45) is 4.22. The number of aromatic nitrogens is 2. The molecule has 0 saturated heterocycles. The van der Waals surface area contributed by atoms with Gasteiger partial charge in [0, 0.05) is 22.7 Å². The third-order valence-corrected chi connectivity index (χ3v) is 5.16. The van der Waals surface area contributed by atoms with E-state index in [1.807, 2.05) is 48.7 Å². The largest absolute Gasteiger partial charge is 0.477 e. The molecule has 0 aliphatic rings. The Hall–Kier alpha value is -3.27. The number of aromatic carboxylic acids is 1. The van der Waals surface area contributed by atoms with Crippen molar-refractivity contribution >= 4 is 16.9 Å². The quantitative estimate of drug-likeness (QED) is 0.443. The summed E-state index contributed by atoms with van der Waals surface area (Å²) in [6, 6.07) is 18.3. The van der Waals surface area contributed by atoms with Gasteiger partial charge in [-0.15, -0.1) is 0 Å². The van der Waals surface area contributed by atoms with E-state index in [1.165, 1.54) is 5.56 Å². The second-order valence-electron chi connectivity index (χ2n) is 6.72. The molecule has 27 heavy (non-hydrogen) atoms. The lowest BCUT2D eigenvalue weighted by atomic mass is 9.95. The number of nitrogens with one attached hydrogen (secondary N) is 2. The summed E-state index contributed by atoms with van der Waals surface area (Å²) >= 11 is 0. The maximum Gasteiger partial charge on any atom is 0.352 e. The van der Waals surface area contributed by atoms with Crippen LogP contribution >= 0.6 is 0 Å². The number of aromatic amines is 2. The zero-order valence-electron chi connectivity index (χ0n) is 15.3. The van der Waals surface area contributed by atoms with E-state index in [0.29, 0.717) is 12.1 Å². The molecule has 4 heteroatoms. The Morgan fingerprint density at radius 3 is 2.52 bits per heavy atom. The van der Waals surface area contributed by atoms with Gasteiger partial charge in [0.15, 0.2) is 0 Å². The number of rotatable bonds is 6. The molecule has 3 N–H and O–H groups in total. The number of aryl methyl sites for hydroxylation is 1. The van der Waals surface area contributed by atoms with Gasteiger partial charge in [-0.1, -0.05) is 49.4 Å². The van der Waals surface area contributed by atoms with Crippen LogP contribution in [0.2, 0.25) is 0 Å². The Morgan fingerprint density at radius 2 is 1.78 bits per heavy atom. The van der Waals surface area contributed by atoms with Crippen LogP contribution in [0.5, 0.6) is 0 Å². The highest BCUT2D eigenvalue weighted by Crippen LogP contribution is 2.34. The molecule has 0 spiro atoms. The fourth-order valence-electron chi connectivity index (χ4n) is 3.87. The maximum atomic E-state index is 11.9. The van der Waals surface area contributed by atoms with Gasteiger partial charge in [-0.25, -0.2) is 4.79 Å². The summed E-state index contributed by atoms with van der Waals surface area (Å²) in [7, 11) is 0. The Balaban J connectivity index is 1.81. The van der Waals surface area contributed by atoms with Crippen LogP contribution in [0.4, 0.5) is 0 Å². The molecule has 0 aliphatic heterocycles. The van der Waals surface area contributed by atoms with Gasteiger partial charge in [-0.2, -0.15) is 0 Å². The third-order valence-electron chi connectivity index (χ3n) is 5.16. The third kappa shape index (κ3) is 3.14. The SMILES string of the molecule is CCc1c(-c2cccc3[nH]ccc23)[nH]c(C(=O)O)c1CCc1ccccc1. The minimum atomic E-state index is -0.903. The number of benzene rings is 2. The van der Waals surface area contributed by atoms with Gasteiger partial charge in [0.1, 0.15) is 5.69 Å². The minimum Gasteiger partial charge on any atom is -0.477 e. The molecule has 0 unspecified atom stereocenters. The van der Waals surface area contributed by atoms with E-state index >= 15 is 0 Å². The zero-order valence-corrected chi connectivity index (χ0v) is 15.3. The molecule has 2 aromatic carbocycles. The van der Waals surface area contributed by atoms with Gasteiger partial charge < -0.3 is 15.1 Å². The zero-order chi connectivity index (χ0) is 18.8. The van der Waals surface area contributed by atoms with Crippen molar-refractivity contribution in [2.75, 3.05) is 0 Å². The highest BCUT2D eigenvalue weighted by atomic mass is 16.4. The summed E-state index contributed by atoms with van der Waals surface area (Å²) in [4.78, 5) is 18.4. The van der Waals surface area contributed by atoms with Crippen molar-refractivity contribution in [1.29, 1.82) is 0 Å². The van der Waals surface area contributed by atoms with E-state index < -0.39 is 5.97 Å². The summed E-state index contributed by atoms with van der Waals surface area (Å²) in [5.74, 6) is -0.903. The number of carboxylic acids is 1. The van der Waals surface area contributed by atoms with Crippen LogP contribution in [0.25, 0.3) is 22.2 Å². The van der Waals surface area contributed by atoms with Crippen molar-refractivity contribution in [1.82, 2.24) is 9.97 Å². The van der Waals surface area contributed by atoms with Gasteiger partial charge in [0.2, 0.25) is 0 Å². The van der Waals surface area contributed by atoms with Crippen molar-refractivity contribution in [3.8, 4) is 11.3 Å². The molecular weight excluding hydrogens is 336 g/mol. The smallest absolute Gasteiger partial charge is 0.352 e. The normalized spacial score (nSPS) is 11.1. The maximum absolute atomic E-state index is 11.9. The van der Waals surface area contributed by atoms with Crippen LogP contribution in [0, 0.1) is 0 Å². The van der Waals surface area contributed by atoms with Crippen molar-refractivity contribution in [3.05, 3.63) is 83.2 Å². The number of fused-ring (bicyclic) bond motifs is 1. The number of hydrogen-bond donors (Lipinski definition) is 3. The van der Waals surface area contributed by atoms with Gasteiger partial charge in [-0.3, -0.25) is 0 Å². The summed E-state index contributed by atoms with van der Waals surface area (Å²) < 4.78 is 0. The van der Waals surface area contributed by atoms with E-state index in [0.717, 1.165) is 46.1 Å². The lowest BCUT2D eigenvalue weighted by molar-refractivity contribution is 0.0690. The van der Waals surface area contributed by atoms with Crippen LogP contribution < -0.4 is 0 Å². The molecule has 2 aromatic heterocycles. The Morgan fingerprint density at radius 1 is 0.963 bits per heavy atom. The lowest BCUT2D eigenvalue weighted by Crippen LogP contribution is -2.04. The number of hydrogen-bond acceptors (Lipinski definition) is 1. The highest BCUT2D eigenvalue weighted by molar-refractivity contribution is 5.97. The van der Waals surface area contributed by atoms with Crippen LogP contribution in [-0.2, 0) is 19.3 Å². The lowest BCUT2D eigenvalue weighted by Gasteiger charge is -2.07. The molecule has 0 saturated carbocycles. The molecule has 0 aliphatic carbocycles. The van der Waals surface area contributed by atoms with Crippen molar-refractivity contribution in [2.45, 2.75) is 26.2 Å². The fourth-order valence-corrected chi connectivity index (χ4v) is 3.87. The predicted octanol–water partition coefficient (Wildman–Crippen LogP) is 5.21. The summed E-state index contributed by atoms with van der Waals surface area (Å²) in [5, 5.41) is 10.9. The van der Waals surface area contributed by atoms with Crippen molar-refractivity contribution in [2.24, 2.45) is 0 Å². The minimum absolute atomic E-state index is 0.310. The molecule has 4 aromatic rings. The molecule has 0 radical (unpaired) electrons. The second-order valence-corrected chi connectivity index (χ2v) is 6.72. The predicted molar refractivity (Wildman–Crippen MR) is 108 cm³/mol. The Labute approximate surface area is 157 Å². The van der Waals surface area contributed by atoms with Gasteiger partial charge in [0.05, 0.1) is 5.69 Å². The Kier molecular flexibility index (Phi) is 4.55. The molecule has 136 valence electrons. The van der Waals surface area contributed by atoms with E-state index in [1.54, 1.807) is 0 Å². The Bertz CT molecular complexity index is 1090. The van der Waals surface area contributed by atoms with E-state index in [-0.39, 0.29) is 0 Å². The van der Waals surface area contributed by atoms with Gasteiger partial charge >= 0.3 is 5.97 Å². The first-order valence-corrected chi connectivity index (χ1v) is 9.26. The van der Waals surface area contributed by atoms with Gasteiger partial charge in [-0.05, 0) is 48.1 Å². The summed E-state index contributed by atoms with van der Waals surface area (Å²) in [6.45, 7) is 2.08. The van der Waals surface area contributed by atoms with Crippen LogP contribution in [0.15, 0.2) is 60.8 Å². The molecule has 4 nitrogen and oxygen atoms in total. The summed E-state index contributed by atoms with van der Waals surface area (Å²) in [5.41, 5.74) is 6.54. The second kappa shape index (κ2) is 7.16. The highest BCUT2D eigenvalue weighted by Gasteiger charge is 2.22. The van der Waals surface area contributed by atoms with Gasteiger partial charge in [0.25, 0.3) is 0 Å². The standard InChI is InChI=1S/C23H22N2O2/c1-2-16-19(12-11-15-7-4-3-5-8-15)22(23(26)27)25-21(16)18-9-6-10-20-17(18)13-14-24-20/h3-10,13-14,24-25H,2,11-12H2,1H3,(H,26,27). The molecule has 2 heterocycles. The molecule has 0 atom stereocenters. The number of carbonyl (C=O) groups is 1. The van der Waals surface area contributed by atoms with Crippen molar-refractivity contribution in [3.63, 3.8) is 0 Å². The van der Waals surface area contributed by atoms with Crippen LogP contribution in [0.1, 0.15) is 34.1 Å². The fraction of sp³-hybridized carbons (Fsp3) is 0.174. The van der Waals surface area contributed by atoms with Crippen LogP contribution in [-0.4, -0.2) is 21.0 Å². The number of carboxylic acid groups (broad SMARTS) is 1. The first kappa shape index (κ1) is 17.2. The average Bonchev–Trinajstić information content (AvgIpc) is 3.31. The van der Waals surface area contributed by atoms with Crippen molar-refractivity contribution < 1.29 is 9.90 Å². The monoisotopic (exact) mass is 358 g/mol. The van der Waals surface area contributed by atoms with E-state index in [4.69, 9.17) is 0 Å². The van der Waals surface area contributed by atoms with Crippen LogP contribution in [0.3, 0.4) is 0 Å². The molecule has 4 rings (SSSR count). The first-order chi connectivity index (χ1) is 13.2. The molecule has 0 bridgehead atoms. The first-order valence-electron chi connectivity index (χ1n) is 9.26. The number of H-pyrrole nitrogens is 2. The average molecular weight is 358 g/mol. The molecule has 0 amide bonds. The van der Waals surface area contributed by atoms with E-state index in [2.05, 4.69) is 29.0 Å². The molecular formula is C23H22N2O2. The van der Waals surface area contributed by atoms with E-state index in [9.17, 15) is 9.90 Å². The molecule has 0 fully saturated rings.